The molecular formula is C14H24N4O2S. The van der Waals surface area contributed by atoms with E-state index in [2.05, 4.69) is 17.2 Å². The lowest BCUT2D eigenvalue weighted by Gasteiger charge is -2.23. The quantitative estimate of drug-likeness (QED) is 0.806. The van der Waals surface area contributed by atoms with E-state index in [1.807, 2.05) is 6.92 Å². The SMILES string of the molecule is CCCNc1nc(N)c(C(=O)N(CC)CC2CCCO2)s1. The molecule has 1 fully saturated rings. The van der Waals surface area contributed by atoms with E-state index in [9.17, 15) is 4.79 Å². The molecule has 1 aliphatic rings. The number of carbonyl (C=O) groups is 1. The zero-order valence-electron chi connectivity index (χ0n) is 12.7. The Kier molecular flexibility index (Phi) is 5.81. The Bertz CT molecular complexity index is 472. The molecule has 1 aliphatic heterocycles. The molecule has 0 aliphatic carbocycles. The predicted octanol–water partition coefficient (Wildman–Crippen LogP) is 2.19. The fraction of sp³-hybridized carbons (Fsp3) is 0.714. The predicted molar refractivity (Wildman–Crippen MR) is 85.9 cm³/mol. The zero-order valence-corrected chi connectivity index (χ0v) is 13.5. The van der Waals surface area contributed by atoms with Crippen LogP contribution in [0.2, 0.25) is 0 Å². The average Bonchev–Trinajstić information content (AvgIpc) is 3.11. The first-order valence-corrected chi connectivity index (χ1v) is 8.38. The third-order valence-electron chi connectivity index (χ3n) is 3.49. The van der Waals surface area contributed by atoms with Crippen molar-refractivity contribution < 1.29 is 9.53 Å². The minimum Gasteiger partial charge on any atom is -0.382 e. The fourth-order valence-corrected chi connectivity index (χ4v) is 3.20. The molecule has 0 bridgehead atoms. The molecule has 0 radical (unpaired) electrons. The normalized spacial score (nSPS) is 17.9. The van der Waals surface area contributed by atoms with Gasteiger partial charge in [-0.1, -0.05) is 18.3 Å². The molecule has 6 nitrogen and oxygen atoms in total. The summed E-state index contributed by atoms with van der Waals surface area (Å²) in [6.45, 7) is 6.95. The number of rotatable bonds is 7. The van der Waals surface area contributed by atoms with E-state index in [0.29, 0.717) is 28.9 Å². The van der Waals surface area contributed by atoms with Crippen LogP contribution in [-0.2, 0) is 4.74 Å². The van der Waals surface area contributed by atoms with Crippen molar-refractivity contribution in [1.82, 2.24) is 9.88 Å². The maximum Gasteiger partial charge on any atom is 0.267 e. The highest BCUT2D eigenvalue weighted by molar-refractivity contribution is 7.18. The van der Waals surface area contributed by atoms with Crippen LogP contribution in [-0.4, -0.2) is 48.1 Å². The number of thiazole rings is 1. The highest BCUT2D eigenvalue weighted by Crippen LogP contribution is 2.27. The number of nitrogens with zero attached hydrogens (tertiary/aromatic N) is 2. The van der Waals surface area contributed by atoms with E-state index in [1.54, 1.807) is 4.90 Å². The molecule has 21 heavy (non-hydrogen) atoms. The van der Waals surface area contributed by atoms with Gasteiger partial charge in [0.2, 0.25) is 0 Å². The monoisotopic (exact) mass is 312 g/mol. The number of nitrogens with two attached hydrogens (primary N) is 1. The number of hydrogen-bond donors (Lipinski definition) is 2. The second kappa shape index (κ2) is 7.61. The van der Waals surface area contributed by atoms with Crippen LogP contribution in [0.15, 0.2) is 0 Å². The fourth-order valence-electron chi connectivity index (χ4n) is 2.33. The van der Waals surface area contributed by atoms with Gasteiger partial charge in [-0.2, -0.15) is 0 Å². The van der Waals surface area contributed by atoms with Gasteiger partial charge in [0.1, 0.15) is 10.7 Å². The third-order valence-corrected chi connectivity index (χ3v) is 4.51. The lowest BCUT2D eigenvalue weighted by atomic mass is 10.2. The Morgan fingerprint density at radius 2 is 2.38 bits per heavy atom. The molecule has 1 amide bonds. The summed E-state index contributed by atoms with van der Waals surface area (Å²) in [5.41, 5.74) is 5.90. The maximum absolute atomic E-state index is 12.6. The molecule has 0 spiro atoms. The molecule has 0 aromatic carbocycles. The van der Waals surface area contributed by atoms with Crippen molar-refractivity contribution in [2.45, 2.75) is 39.2 Å². The largest absolute Gasteiger partial charge is 0.382 e. The van der Waals surface area contributed by atoms with Crippen LogP contribution in [0.5, 0.6) is 0 Å². The lowest BCUT2D eigenvalue weighted by molar-refractivity contribution is 0.0543. The van der Waals surface area contributed by atoms with Crippen LogP contribution in [0, 0.1) is 0 Å². The Morgan fingerprint density at radius 1 is 1.57 bits per heavy atom. The first-order chi connectivity index (χ1) is 10.2. The molecule has 2 heterocycles. The van der Waals surface area contributed by atoms with Crippen molar-refractivity contribution in [2.24, 2.45) is 0 Å². The number of ether oxygens (including phenoxy) is 1. The van der Waals surface area contributed by atoms with E-state index < -0.39 is 0 Å². The van der Waals surface area contributed by atoms with Crippen LogP contribution in [0.4, 0.5) is 10.9 Å². The highest BCUT2D eigenvalue weighted by atomic mass is 32.1. The summed E-state index contributed by atoms with van der Waals surface area (Å²) in [4.78, 5) is 19.1. The Balaban J connectivity index is 2.03. The van der Waals surface area contributed by atoms with E-state index in [-0.39, 0.29) is 12.0 Å². The summed E-state index contributed by atoms with van der Waals surface area (Å²) in [7, 11) is 0. The Morgan fingerprint density at radius 3 is 3.00 bits per heavy atom. The lowest BCUT2D eigenvalue weighted by Crippen LogP contribution is -2.37. The van der Waals surface area contributed by atoms with Gasteiger partial charge in [-0.15, -0.1) is 0 Å². The van der Waals surface area contributed by atoms with Crippen molar-refractivity contribution in [1.29, 1.82) is 0 Å². The first-order valence-electron chi connectivity index (χ1n) is 7.56. The minimum absolute atomic E-state index is 0.0486. The summed E-state index contributed by atoms with van der Waals surface area (Å²) >= 11 is 1.33. The molecular weight excluding hydrogens is 288 g/mol. The van der Waals surface area contributed by atoms with Gasteiger partial charge in [-0.25, -0.2) is 4.98 Å². The number of likely N-dealkylation sites (N-methyl/N-ethyl adjacent to an activating group) is 1. The molecule has 1 saturated heterocycles. The number of aromatic nitrogens is 1. The van der Waals surface area contributed by atoms with Gasteiger partial charge in [0.05, 0.1) is 6.10 Å². The van der Waals surface area contributed by atoms with Crippen LogP contribution in [0.3, 0.4) is 0 Å². The molecule has 2 rings (SSSR count). The molecule has 1 aromatic rings. The minimum atomic E-state index is -0.0486. The topological polar surface area (TPSA) is 80.5 Å². The van der Waals surface area contributed by atoms with Gasteiger partial charge < -0.3 is 20.7 Å². The number of amides is 1. The van der Waals surface area contributed by atoms with Crippen LogP contribution < -0.4 is 11.1 Å². The standard InChI is InChI=1S/C14H24N4O2S/c1-3-7-16-14-17-12(15)11(21-14)13(19)18(4-2)9-10-6-5-8-20-10/h10H,3-9,15H2,1-2H3,(H,16,17). The van der Waals surface area contributed by atoms with Crippen molar-refractivity contribution in [3.8, 4) is 0 Å². The van der Waals surface area contributed by atoms with Crippen molar-refractivity contribution in [3.05, 3.63) is 4.88 Å². The van der Waals surface area contributed by atoms with E-state index in [1.165, 1.54) is 11.3 Å². The third kappa shape index (κ3) is 4.07. The number of hydrogen-bond acceptors (Lipinski definition) is 6. The van der Waals surface area contributed by atoms with Crippen LogP contribution >= 0.6 is 11.3 Å². The van der Waals surface area contributed by atoms with Crippen molar-refractivity contribution in [3.63, 3.8) is 0 Å². The molecule has 7 heteroatoms. The van der Waals surface area contributed by atoms with Gasteiger partial charge in [-0.3, -0.25) is 4.79 Å². The average molecular weight is 312 g/mol. The molecule has 1 unspecified atom stereocenters. The molecule has 118 valence electrons. The van der Waals surface area contributed by atoms with Gasteiger partial charge in [0.15, 0.2) is 5.13 Å². The summed E-state index contributed by atoms with van der Waals surface area (Å²) < 4.78 is 5.61. The molecule has 0 saturated carbocycles. The summed E-state index contributed by atoms with van der Waals surface area (Å²) in [5, 5.41) is 3.89. The highest BCUT2D eigenvalue weighted by Gasteiger charge is 2.25. The van der Waals surface area contributed by atoms with E-state index in [0.717, 1.165) is 32.4 Å². The van der Waals surface area contributed by atoms with Gasteiger partial charge in [0, 0.05) is 26.2 Å². The van der Waals surface area contributed by atoms with E-state index in [4.69, 9.17) is 10.5 Å². The molecule has 1 aromatic heterocycles. The number of carbonyl (C=O) groups excluding carboxylic acids is 1. The second-order valence-corrected chi connectivity index (χ2v) is 6.14. The second-order valence-electron chi connectivity index (χ2n) is 5.14. The first kappa shape index (κ1) is 16.0. The Labute approximate surface area is 129 Å². The van der Waals surface area contributed by atoms with Crippen LogP contribution in [0.25, 0.3) is 0 Å². The maximum atomic E-state index is 12.6. The van der Waals surface area contributed by atoms with Crippen molar-refractivity contribution in [2.75, 3.05) is 37.3 Å². The van der Waals surface area contributed by atoms with E-state index >= 15 is 0 Å². The number of anilines is 2. The van der Waals surface area contributed by atoms with Gasteiger partial charge >= 0.3 is 0 Å². The number of nitrogen functional groups attached to an aromatic ring is 1. The van der Waals surface area contributed by atoms with Gasteiger partial charge in [-0.05, 0) is 26.2 Å². The summed E-state index contributed by atoms with van der Waals surface area (Å²) in [6, 6.07) is 0. The zero-order chi connectivity index (χ0) is 15.2. The van der Waals surface area contributed by atoms with Crippen molar-refractivity contribution >= 4 is 28.2 Å². The Hall–Kier alpha value is -1.34. The van der Waals surface area contributed by atoms with Gasteiger partial charge in [0.25, 0.3) is 5.91 Å². The molecule has 3 N–H and O–H groups in total. The smallest absolute Gasteiger partial charge is 0.267 e. The number of nitrogens with one attached hydrogen (secondary N) is 1. The summed E-state index contributed by atoms with van der Waals surface area (Å²) in [6.07, 6.45) is 3.25. The summed E-state index contributed by atoms with van der Waals surface area (Å²) in [5.74, 6) is 0.266. The molecule has 1 atom stereocenters. The van der Waals surface area contributed by atoms with Crippen LogP contribution in [0.1, 0.15) is 42.8 Å².